The molecule has 0 atom stereocenters. The van der Waals surface area contributed by atoms with E-state index >= 15 is 0 Å². The number of carbonyl (C=O) groups is 1. The van der Waals surface area contributed by atoms with Gasteiger partial charge < -0.3 is 5.11 Å². The molecule has 2 aromatic carbocycles. The second-order valence-corrected chi connectivity index (χ2v) is 8.13. The van der Waals surface area contributed by atoms with Gasteiger partial charge in [-0.15, -0.1) is 0 Å². The summed E-state index contributed by atoms with van der Waals surface area (Å²) in [6.45, 7) is 0.556. The summed E-state index contributed by atoms with van der Waals surface area (Å²) in [5, 5.41) is 8.94. The minimum absolute atomic E-state index is 0.0335. The monoisotopic (exact) mass is 363 g/mol. The standard InChI is InChI=1S/C18H18FNO4S/c19-16-7-3-14(4-8-16)12-20(11-13-1-2-13)25(23,24)17-9-5-15(6-10-17)18(21)22/h3-10,13H,1-2,11-12H2,(H,21,22). The number of aromatic carboxylic acids is 1. The topological polar surface area (TPSA) is 74.7 Å². The molecule has 1 aliphatic rings. The van der Waals surface area contributed by atoms with Gasteiger partial charge in [-0.3, -0.25) is 0 Å². The van der Waals surface area contributed by atoms with Crippen molar-refractivity contribution in [2.75, 3.05) is 6.54 Å². The summed E-state index contributed by atoms with van der Waals surface area (Å²) in [7, 11) is -3.76. The zero-order valence-electron chi connectivity index (χ0n) is 13.4. The Hall–Kier alpha value is -2.25. The Morgan fingerprint density at radius 2 is 1.68 bits per heavy atom. The number of carboxylic acid groups (broad SMARTS) is 1. The van der Waals surface area contributed by atoms with Crippen LogP contribution in [0.15, 0.2) is 53.4 Å². The van der Waals surface area contributed by atoms with Crippen LogP contribution in [-0.2, 0) is 16.6 Å². The minimum atomic E-state index is -3.76. The molecule has 0 aromatic heterocycles. The van der Waals surface area contributed by atoms with Gasteiger partial charge in [-0.1, -0.05) is 12.1 Å². The number of carboxylic acids is 1. The summed E-state index contributed by atoms with van der Waals surface area (Å²) < 4.78 is 40.4. The lowest BCUT2D eigenvalue weighted by atomic mass is 10.2. The zero-order valence-corrected chi connectivity index (χ0v) is 14.2. The molecule has 2 aromatic rings. The summed E-state index contributed by atoms with van der Waals surface area (Å²) in [6.07, 6.45) is 1.99. The van der Waals surface area contributed by atoms with Gasteiger partial charge in [-0.05, 0) is 60.7 Å². The van der Waals surface area contributed by atoms with Gasteiger partial charge in [0.2, 0.25) is 10.0 Å². The van der Waals surface area contributed by atoms with Crippen LogP contribution in [0, 0.1) is 11.7 Å². The van der Waals surface area contributed by atoms with Crippen molar-refractivity contribution in [3.8, 4) is 0 Å². The van der Waals surface area contributed by atoms with Crippen molar-refractivity contribution in [1.29, 1.82) is 0 Å². The van der Waals surface area contributed by atoms with Crippen LogP contribution in [0.25, 0.3) is 0 Å². The average Bonchev–Trinajstić information content (AvgIpc) is 3.40. The fourth-order valence-corrected chi connectivity index (χ4v) is 4.05. The molecule has 0 aliphatic heterocycles. The third-order valence-electron chi connectivity index (χ3n) is 4.17. The number of rotatable bonds is 7. The van der Waals surface area contributed by atoms with Crippen molar-refractivity contribution in [3.63, 3.8) is 0 Å². The van der Waals surface area contributed by atoms with Crippen molar-refractivity contribution in [2.45, 2.75) is 24.3 Å². The van der Waals surface area contributed by atoms with Gasteiger partial charge in [0.1, 0.15) is 5.82 Å². The third kappa shape index (κ3) is 4.24. The van der Waals surface area contributed by atoms with Crippen LogP contribution in [0.1, 0.15) is 28.8 Å². The average molecular weight is 363 g/mol. The van der Waals surface area contributed by atoms with E-state index in [2.05, 4.69) is 0 Å². The molecule has 7 heteroatoms. The van der Waals surface area contributed by atoms with Crippen molar-refractivity contribution in [3.05, 3.63) is 65.5 Å². The number of hydrogen-bond donors (Lipinski definition) is 1. The Kier molecular flexibility index (Phi) is 4.87. The molecule has 0 bridgehead atoms. The van der Waals surface area contributed by atoms with Crippen LogP contribution in [0.2, 0.25) is 0 Å². The van der Waals surface area contributed by atoms with Crippen LogP contribution in [0.4, 0.5) is 4.39 Å². The first-order chi connectivity index (χ1) is 11.9. The van der Waals surface area contributed by atoms with Crippen molar-refractivity contribution >= 4 is 16.0 Å². The number of hydrogen-bond acceptors (Lipinski definition) is 3. The Morgan fingerprint density at radius 1 is 1.08 bits per heavy atom. The molecule has 1 N–H and O–H groups in total. The Bertz CT molecular complexity index is 859. The van der Waals surface area contributed by atoms with Crippen molar-refractivity contribution < 1.29 is 22.7 Å². The molecule has 1 saturated carbocycles. The van der Waals surface area contributed by atoms with E-state index in [4.69, 9.17) is 5.11 Å². The van der Waals surface area contributed by atoms with Crippen LogP contribution in [0.3, 0.4) is 0 Å². The van der Waals surface area contributed by atoms with E-state index < -0.39 is 16.0 Å². The van der Waals surface area contributed by atoms with Gasteiger partial charge in [0.05, 0.1) is 10.5 Å². The second kappa shape index (κ2) is 6.93. The fourth-order valence-electron chi connectivity index (χ4n) is 2.55. The maximum absolute atomic E-state index is 13.1. The minimum Gasteiger partial charge on any atom is -0.478 e. The van der Waals surface area contributed by atoms with E-state index in [1.54, 1.807) is 12.1 Å². The second-order valence-electron chi connectivity index (χ2n) is 6.20. The van der Waals surface area contributed by atoms with Gasteiger partial charge in [0, 0.05) is 13.1 Å². The molecule has 0 unspecified atom stereocenters. The Balaban J connectivity index is 1.87. The highest BCUT2D eigenvalue weighted by Gasteiger charge is 2.31. The lowest BCUT2D eigenvalue weighted by Gasteiger charge is -2.22. The first-order valence-corrected chi connectivity index (χ1v) is 9.38. The summed E-state index contributed by atoms with van der Waals surface area (Å²) in [6, 6.07) is 10.9. The summed E-state index contributed by atoms with van der Waals surface area (Å²) in [5.74, 6) is -1.14. The molecule has 0 saturated heterocycles. The molecule has 0 radical (unpaired) electrons. The van der Waals surface area contributed by atoms with Crippen LogP contribution < -0.4 is 0 Å². The summed E-state index contributed by atoms with van der Waals surface area (Å²) in [5.41, 5.74) is 0.735. The molecule has 1 fully saturated rings. The summed E-state index contributed by atoms with van der Waals surface area (Å²) in [4.78, 5) is 11.0. The van der Waals surface area contributed by atoms with Crippen LogP contribution in [-0.4, -0.2) is 30.3 Å². The van der Waals surface area contributed by atoms with E-state index in [0.29, 0.717) is 18.0 Å². The molecule has 132 valence electrons. The molecule has 3 rings (SSSR count). The normalized spacial score (nSPS) is 14.6. The fraction of sp³-hybridized carbons (Fsp3) is 0.278. The largest absolute Gasteiger partial charge is 0.478 e. The first kappa shape index (κ1) is 17.6. The number of nitrogens with zero attached hydrogens (tertiary/aromatic N) is 1. The van der Waals surface area contributed by atoms with E-state index in [-0.39, 0.29) is 22.8 Å². The molecule has 0 amide bonds. The summed E-state index contributed by atoms with van der Waals surface area (Å²) >= 11 is 0. The molecule has 0 spiro atoms. The quantitative estimate of drug-likeness (QED) is 0.820. The molecule has 25 heavy (non-hydrogen) atoms. The maximum atomic E-state index is 13.1. The first-order valence-electron chi connectivity index (χ1n) is 7.94. The highest BCUT2D eigenvalue weighted by Crippen LogP contribution is 2.32. The van der Waals surface area contributed by atoms with Gasteiger partial charge in [-0.25, -0.2) is 17.6 Å². The smallest absolute Gasteiger partial charge is 0.335 e. The molecule has 0 heterocycles. The van der Waals surface area contributed by atoms with E-state index in [0.717, 1.165) is 12.8 Å². The maximum Gasteiger partial charge on any atom is 0.335 e. The molecule has 1 aliphatic carbocycles. The van der Waals surface area contributed by atoms with Crippen LogP contribution >= 0.6 is 0 Å². The van der Waals surface area contributed by atoms with E-state index in [9.17, 15) is 17.6 Å². The third-order valence-corrected chi connectivity index (χ3v) is 6.00. The lowest BCUT2D eigenvalue weighted by molar-refractivity contribution is 0.0696. The number of halogens is 1. The predicted octanol–water partition coefficient (Wildman–Crippen LogP) is 3.12. The zero-order chi connectivity index (χ0) is 18.0. The lowest BCUT2D eigenvalue weighted by Crippen LogP contribution is -2.32. The molecule has 5 nitrogen and oxygen atoms in total. The van der Waals surface area contributed by atoms with Crippen molar-refractivity contribution in [1.82, 2.24) is 4.31 Å². The molecular formula is C18H18FNO4S. The van der Waals surface area contributed by atoms with Gasteiger partial charge in [0.15, 0.2) is 0 Å². The number of sulfonamides is 1. The van der Waals surface area contributed by atoms with Gasteiger partial charge in [0.25, 0.3) is 0 Å². The van der Waals surface area contributed by atoms with Gasteiger partial charge >= 0.3 is 5.97 Å². The SMILES string of the molecule is O=C(O)c1ccc(S(=O)(=O)N(Cc2ccc(F)cc2)CC2CC2)cc1. The van der Waals surface area contributed by atoms with Crippen LogP contribution in [0.5, 0.6) is 0 Å². The highest BCUT2D eigenvalue weighted by molar-refractivity contribution is 7.89. The predicted molar refractivity (Wildman–Crippen MR) is 90.1 cm³/mol. The van der Waals surface area contributed by atoms with E-state index in [1.807, 2.05) is 0 Å². The number of benzene rings is 2. The highest BCUT2D eigenvalue weighted by atomic mass is 32.2. The van der Waals surface area contributed by atoms with Gasteiger partial charge in [-0.2, -0.15) is 4.31 Å². The Labute approximate surface area is 145 Å². The molecular weight excluding hydrogens is 345 g/mol. The van der Waals surface area contributed by atoms with Crippen molar-refractivity contribution in [2.24, 2.45) is 5.92 Å². The Morgan fingerprint density at radius 3 is 2.20 bits per heavy atom. The van der Waals surface area contributed by atoms with E-state index in [1.165, 1.54) is 40.7 Å².